The number of rotatable bonds is 14. The second-order valence-electron chi connectivity index (χ2n) is 9.82. The van der Waals surface area contributed by atoms with E-state index in [-0.39, 0.29) is 5.97 Å². The number of hydrogen-bond acceptors (Lipinski definition) is 6. The van der Waals surface area contributed by atoms with Crippen molar-refractivity contribution < 1.29 is 9.53 Å². The third-order valence-electron chi connectivity index (χ3n) is 6.70. The van der Waals surface area contributed by atoms with E-state index in [0.717, 1.165) is 25.1 Å². The SMILES string of the molecule is CCCCCCc1ccc(-c2ccc(-c3ccc(CCCNc4ccc(C(=O)Oc5ccccc5)cc4)s3)s2)s1. The average molecular weight is 586 g/mol. The zero-order valence-corrected chi connectivity index (χ0v) is 25.3. The molecule has 3 heterocycles. The largest absolute Gasteiger partial charge is 0.423 e. The van der Waals surface area contributed by atoms with Crippen LogP contribution in [0.25, 0.3) is 19.5 Å². The fourth-order valence-corrected chi connectivity index (χ4v) is 7.78. The van der Waals surface area contributed by atoms with Crippen LogP contribution in [0.5, 0.6) is 5.75 Å². The van der Waals surface area contributed by atoms with Gasteiger partial charge in [-0.3, -0.25) is 0 Å². The number of ether oxygens (including phenoxy) is 1. The van der Waals surface area contributed by atoms with Crippen molar-refractivity contribution >= 4 is 45.7 Å². The molecule has 0 fully saturated rings. The summed E-state index contributed by atoms with van der Waals surface area (Å²) in [4.78, 5) is 20.7. The van der Waals surface area contributed by atoms with Gasteiger partial charge in [0, 0.05) is 41.5 Å². The second kappa shape index (κ2) is 14.4. The number of nitrogens with one attached hydrogen (secondary N) is 1. The van der Waals surface area contributed by atoms with Gasteiger partial charge in [-0.15, -0.1) is 34.0 Å². The first-order valence-corrected chi connectivity index (χ1v) is 16.5. The molecule has 3 aromatic heterocycles. The summed E-state index contributed by atoms with van der Waals surface area (Å²) in [5, 5.41) is 3.47. The van der Waals surface area contributed by atoms with Crippen LogP contribution >= 0.6 is 34.0 Å². The van der Waals surface area contributed by atoms with Gasteiger partial charge < -0.3 is 10.1 Å². The van der Waals surface area contributed by atoms with E-state index in [1.165, 1.54) is 61.4 Å². The van der Waals surface area contributed by atoms with Crippen molar-refractivity contribution in [2.24, 2.45) is 0 Å². The predicted molar refractivity (Wildman–Crippen MR) is 173 cm³/mol. The first kappa shape index (κ1) is 28.3. The third kappa shape index (κ3) is 7.94. The third-order valence-corrected chi connectivity index (χ3v) is 10.5. The fourth-order valence-electron chi connectivity index (χ4n) is 4.49. The number of aryl methyl sites for hydroxylation is 2. The van der Waals surface area contributed by atoms with E-state index in [4.69, 9.17) is 4.74 Å². The number of esters is 1. The van der Waals surface area contributed by atoms with E-state index < -0.39 is 0 Å². The molecule has 0 radical (unpaired) electrons. The van der Waals surface area contributed by atoms with Crippen molar-refractivity contribution in [2.45, 2.75) is 51.9 Å². The molecule has 5 rings (SSSR count). The first-order valence-electron chi connectivity index (χ1n) is 14.1. The van der Waals surface area contributed by atoms with Gasteiger partial charge in [0.25, 0.3) is 0 Å². The summed E-state index contributed by atoms with van der Waals surface area (Å²) < 4.78 is 5.41. The molecular weight excluding hydrogens is 551 g/mol. The van der Waals surface area contributed by atoms with Crippen LogP contribution in [0.15, 0.2) is 91.0 Å². The molecule has 0 atom stereocenters. The highest BCUT2D eigenvalue weighted by molar-refractivity contribution is 7.26. The van der Waals surface area contributed by atoms with Crippen LogP contribution < -0.4 is 10.1 Å². The van der Waals surface area contributed by atoms with Gasteiger partial charge >= 0.3 is 5.97 Å². The standard InChI is InChI=1S/C34H35NO2S3/c1-2-3-4-8-12-28-18-20-30(38-28)32-22-23-33(40-32)31-21-19-29(39-31)13-9-24-35-26-16-14-25(15-17-26)34(36)37-27-10-6-5-7-11-27/h5-7,10-11,14-23,35H,2-4,8-9,12-13,24H2,1H3. The molecule has 1 N–H and O–H groups in total. The summed E-state index contributed by atoms with van der Waals surface area (Å²) in [5.41, 5.74) is 1.55. The van der Waals surface area contributed by atoms with Gasteiger partial charge in [-0.1, -0.05) is 44.4 Å². The molecular formula is C34H35NO2S3. The van der Waals surface area contributed by atoms with E-state index >= 15 is 0 Å². The highest BCUT2D eigenvalue weighted by Crippen LogP contribution is 2.40. The van der Waals surface area contributed by atoms with Crippen LogP contribution in [0.1, 0.15) is 59.1 Å². The number of thiophene rings is 3. The van der Waals surface area contributed by atoms with Crippen LogP contribution in [-0.4, -0.2) is 12.5 Å². The second-order valence-corrected chi connectivity index (χ2v) is 13.2. The normalized spacial score (nSPS) is 11.0. The number of carbonyl (C=O) groups is 1. The van der Waals surface area contributed by atoms with Gasteiger partial charge in [0.2, 0.25) is 0 Å². The monoisotopic (exact) mass is 585 g/mol. The minimum Gasteiger partial charge on any atom is -0.423 e. The number of para-hydroxylation sites is 1. The number of unbranched alkanes of at least 4 members (excludes halogenated alkanes) is 3. The number of carbonyl (C=O) groups excluding carboxylic acids is 1. The summed E-state index contributed by atoms with van der Waals surface area (Å²) in [5.74, 6) is 0.206. The number of benzene rings is 2. The van der Waals surface area contributed by atoms with Gasteiger partial charge in [0.05, 0.1) is 5.56 Å². The lowest BCUT2D eigenvalue weighted by atomic mass is 10.1. The van der Waals surface area contributed by atoms with Crippen LogP contribution in [-0.2, 0) is 12.8 Å². The Balaban J connectivity index is 1.06. The fraction of sp³-hybridized carbons (Fsp3) is 0.265. The molecule has 0 aliphatic carbocycles. The van der Waals surface area contributed by atoms with E-state index in [1.807, 2.05) is 64.3 Å². The first-order chi connectivity index (χ1) is 19.7. The molecule has 0 amide bonds. The minimum atomic E-state index is -0.345. The van der Waals surface area contributed by atoms with Crippen molar-refractivity contribution in [3.63, 3.8) is 0 Å². The summed E-state index contributed by atoms with van der Waals surface area (Å²) >= 11 is 5.76. The summed E-state index contributed by atoms with van der Waals surface area (Å²) in [6.07, 6.45) is 8.57. The molecule has 0 bridgehead atoms. The molecule has 2 aromatic carbocycles. The molecule has 0 saturated carbocycles. The molecule has 3 nitrogen and oxygen atoms in total. The summed E-state index contributed by atoms with van der Waals surface area (Å²) in [6.45, 7) is 3.14. The van der Waals surface area contributed by atoms with Crippen molar-refractivity contribution in [1.29, 1.82) is 0 Å². The lowest BCUT2D eigenvalue weighted by molar-refractivity contribution is 0.0735. The van der Waals surface area contributed by atoms with Crippen LogP contribution in [0.3, 0.4) is 0 Å². The van der Waals surface area contributed by atoms with E-state index in [9.17, 15) is 4.79 Å². The van der Waals surface area contributed by atoms with Crippen LogP contribution in [0, 0.1) is 0 Å². The smallest absolute Gasteiger partial charge is 0.343 e. The molecule has 0 aliphatic heterocycles. The summed E-state index contributed by atoms with van der Waals surface area (Å²) in [7, 11) is 0. The van der Waals surface area contributed by atoms with Crippen molar-refractivity contribution in [3.05, 3.63) is 106 Å². The molecule has 0 aliphatic rings. The van der Waals surface area contributed by atoms with Gasteiger partial charge in [-0.2, -0.15) is 0 Å². The topological polar surface area (TPSA) is 38.3 Å². The van der Waals surface area contributed by atoms with Gasteiger partial charge in [0.1, 0.15) is 5.75 Å². The Labute approximate surface area is 249 Å². The molecule has 6 heteroatoms. The predicted octanol–water partition coefficient (Wildman–Crippen LogP) is 10.6. The zero-order valence-electron chi connectivity index (χ0n) is 22.9. The lowest BCUT2D eigenvalue weighted by Gasteiger charge is -2.07. The Hall–Kier alpha value is -3.19. The van der Waals surface area contributed by atoms with Crippen molar-refractivity contribution in [2.75, 3.05) is 11.9 Å². The van der Waals surface area contributed by atoms with E-state index in [1.54, 1.807) is 24.3 Å². The molecule has 40 heavy (non-hydrogen) atoms. The van der Waals surface area contributed by atoms with Crippen molar-refractivity contribution in [3.8, 4) is 25.3 Å². The molecule has 5 aromatic rings. The maximum absolute atomic E-state index is 12.3. The quantitative estimate of drug-likeness (QED) is 0.0800. The lowest BCUT2D eigenvalue weighted by Crippen LogP contribution is -2.08. The Kier molecular flexibility index (Phi) is 10.2. The zero-order chi connectivity index (χ0) is 27.6. The van der Waals surface area contributed by atoms with Gasteiger partial charge in [0.15, 0.2) is 0 Å². The molecule has 206 valence electrons. The van der Waals surface area contributed by atoms with E-state index in [2.05, 4.69) is 48.6 Å². The molecule has 0 saturated heterocycles. The highest BCUT2D eigenvalue weighted by atomic mass is 32.1. The van der Waals surface area contributed by atoms with Gasteiger partial charge in [-0.25, -0.2) is 4.79 Å². The molecule has 0 unspecified atom stereocenters. The minimum absolute atomic E-state index is 0.345. The Morgan fingerprint density at radius 1 is 0.650 bits per heavy atom. The van der Waals surface area contributed by atoms with Gasteiger partial charge in [-0.05, 0) is 98.5 Å². The number of hydrogen-bond donors (Lipinski definition) is 1. The average Bonchev–Trinajstić information content (AvgIpc) is 3.75. The van der Waals surface area contributed by atoms with E-state index in [0.29, 0.717) is 11.3 Å². The highest BCUT2D eigenvalue weighted by Gasteiger charge is 2.11. The summed E-state index contributed by atoms with van der Waals surface area (Å²) in [6, 6.07) is 30.3. The molecule has 0 spiro atoms. The van der Waals surface area contributed by atoms with Crippen molar-refractivity contribution in [1.82, 2.24) is 0 Å². The number of anilines is 1. The van der Waals surface area contributed by atoms with Crippen LogP contribution in [0.2, 0.25) is 0 Å². The maximum atomic E-state index is 12.3. The van der Waals surface area contributed by atoms with Crippen LogP contribution in [0.4, 0.5) is 5.69 Å². The maximum Gasteiger partial charge on any atom is 0.343 e. The Morgan fingerprint density at radius 2 is 1.25 bits per heavy atom. The Bertz CT molecular complexity index is 1480. The Morgan fingerprint density at radius 3 is 1.90 bits per heavy atom.